The molecule has 0 aliphatic carbocycles. The summed E-state index contributed by atoms with van der Waals surface area (Å²) in [4.78, 5) is 12.4. The van der Waals surface area contributed by atoms with Gasteiger partial charge in [-0.3, -0.25) is 4.79 Å². The molecular formula is C21H16ClFN2O5S. The van der Waals surface area contributed by atoms with Gasteiger partial charge in [0.2, 0.25) is 0 Å². The van der Waals surface area contributed by atoms with Crippen LogP contribution in [0.5, 0.6) is 11.5 Å². The topological polar surface area (TPSA) is 84.9 Å². The Labute approximate surface area is 183 Å². The Hall–Kier alpha value is -3.30. The van der Waals surface area contributed by atoms with Gasteiger partial charge in [-0.15, -0.1) is 0 Å². The summed E-state index contributed by atoms with van der Waals surface area (Å²) in [7, 11) is -2.91. The number of halogens is 2. The molecule has 10 heteroatoms. The molecule has 0 saturated carbocycles. The molecule has 1 amide bonds. The third-order valence-corrected chi connectivity index (χ3v) is 6.60. The molecule has 0 atom stereocenters. The lowest BCUT2D eigenvalue weighted by Gasteiger charge is -2.19. The van der Waals surface area contributed by atoms with Crippen molar-refractivity contribution in [2.45, 2.75) is 4.90 Å². The van der Waals surface area contributed by atoms with Gasteiger partial charge < -0.3 is 14.8 Å². The maximum atomic E-state index is 14.7. The van der Waals surface area contributed by atoms with E-state index in [4.69, 9.17) is 21.1 Å². The number of rotatable bonds is 5. The van der Waals surface area contributed by atoms with Crippen molar-refractivity contribution in [3.63, 3.8) is 0 Å². The lowest BCUT2D eigenvalue weighted by atomic mass is 10.1. The smallest absolute Gasteiger partial charge is 0.270 e. The van der Waals surface area contributed by atoms with Crippen LogP contribution in [-0.4, -0.2) is 28.2 Å². The third-order valence-electron chi connectivity index (χ3n) is 4.61. The molecule has 31 heavy (non-hydrogen) atoms. The minimum absolute atomic E-state index is 0.0659. The van der Waals surface area contributed by atoms with Crippen molar-refractivity contribution < 1.29 is 27.1 Å². The van der Waals surface area contributed by atoms with E-state index >= 15 is 0 Å². The van der Waals surface area contributed by atoms with E-state index in [1.54, 1.807) is 30.3 Å². The molecule has 0 bridgehead atoms. The molecule has 0 spiro atoms. The van der Waals surface area contributed by atoms with Crippen LogP contribution in [0.15, 0.2) is 65.6 Å². The van der Waals surface area contributed by atoms with Crippen LogP contribution in [-0.2, 0) is 10.0 Å². The van der Waals surface area contributed by atoms with E-state index in [1.165, 1.54) is 31.4 Å². The number of para-hydroxylation sites is 1. The lowest BCUT2D eigenvalue weighted by Crippen LogP contribution is -2.30. The lowest BCUT2D eigenvalue weighted by molar-refractivity contribution is 0.102. The maximum Gasteiger partial charge on any atom is 0.270 e. The van der Waals surface area contributed by atoms with Crippen molar-refractivity contribution in [2.24, 2.45) is 0 Å². The van der Waals surface area contributed by atoms with Gasteiger partial charge in [0.15, 0.2) is 18.3 Å². The van der Waals surface area contributed by atoms with E-state index in [0.29, 0.717) is 5.69 Å². The molecule has 7 nitrogen and oxygen atoms in total. The summed E-state index contributed by atoms with van der Waals surface area (Å²) in [5.74, 6) is -1.65. The van der Waals surface area contributed by atoms with Crippen molar-refractivity contribution in [1.82, 2.24) is 0 Å². The van der Waals surface area contributed by atoms with E-state index in [1.807, 2.05) is 0 Å². The van der Waals surface area contributed by atoms with Crippen molar-refractivity contribution in [1.29, 1.82) is 0 Å². The Bertz CT molecular complexity index is 1270. The van der Waals surface area contributed by atoms with Gasteiger partial charge in [-0.2, -0.15) is 0 Å². The molecular weight excluding hydrogens is 447 g/mol. The second kappa shape index (κ2) is 8.09. The Morgan fingerprint density at radius 3 is 2.61 bits per heavy atom. The number of anilines is 2. The van der Waals surface area contributed by atoms with Crippen LogP contribution in [0.4, 0.5) is 15.8 Å². The van der Waals surface area contributed by atoms with Crippen molar-refractivity contribution in [2.75, 3.05) is 23.5 Å². The van der Waals surface area contributed by atoms with E-state index in [2.05, 4.69) is 5.32 Å². The molecule has 3 aromatic rings. The van der Waals surface area contributed by atoms with Gasteiger partial charge in [0.1, 0.15) is 16.3 Å². The molecule has 3 aromatic carbocycles. The Kier molecular flexibility index (Phi) is 5.47. The highest BCUT2D eigenvalue weighted by Gasteiger charge is 2.37. The Balaban J connectivity index is 1.74. The molecule has 1 aliphatic rings. The number of nitrogens with one attached hydrogen (secondary N) is 1. The zero-order valence-electron chi connectivity index (χ0n) is 16.1. The first-order valence-corrected chi connectivity index (χ1v) is 10.8. The number of methoxy groups -OCH3 is 1. The van der Waals surface area contributed by atoms with Crippen LogP contribution in [0.2, 0.25) is 5.02 Å². The number of carbonyl (C=O) groups is 1. The predicted molar refractivity (Wildman–Crippen MR) is 114 cm³/mol. The quantitative estimate of drug-likeness (QED) is 0.611. The summed E-state index contributed by atoms with van der Waals surface area (Å²) in [6, 6.07) is 15.0. The van der Waals surface area contributed by atoms with Gasteiger partial charge in [0, 0.05) is 16.3 Å². The molecule has 4 rings (SSSR count). The van der Waals surface area contributed by atoms with E-state index < -0.39 is 28.5 Å². The molecule has 0 aromatic heterocycles. The van der Waals surface area contributed by atoms with Gasteiger partial charge in [-0.05, 0) is 42.5 Å². The molecule has 0 unspecified atom stereocenters. The number of nitrogens with zero attached hydrogens (tertiary/aromatic N) is 1. The van der Waals surface area contributed by atoms with Crippen molar-refractivity contribution >= 4 is 38.9 Å². The fourth-order valence-corrected chi connectivity index (χ4v) is 4.87. The minimum atomic E-state index is -4.23. The number of sulfonamides is 1. The first-order chi connectivity index (χ1) is 14.8. The summed E-state index contributed by atoms with van der Waals surface area (Å²) in [6.45, 7) is -0.464. The first kappa shape index (κ1) is 21.0. The normalized spacial score (nSPS) is 12.8. The predicted octanol–water partition coefficient (Wildman–Crippen LogP) is 4.29. The first-order valence-electron chi connectivity index (χ1n) is 9.00. The SMILES string of the molecule is COc1ccc(Cl)cc1S(=O)(=O)N1COc2c(F)cc(C(=O)Nc3ccccc3)cc21. The summed E-state index contributed by atoms with van der Waals surface area (Å²) in [5.41, 5.74) is 0.349. The zero-order chi connectivity index (χ0) is 22.2. The highest BCUT2D eigenvalue weighted by molar-refractivity contribution is 7.93. The number of ether oxygens (including phenoxy) is 2. The van der Waals surface area contributed by atoms with Crippen molar-refractivity contribution in [3.8, 4) is 11.5 Å². The summed E-state index contributed by atoms with van der Waals surface area (Å²) in [5, 5.41) is 2.82. The van der Waals surface area contributed by atoms with Crippen LogP contribution in [0.25, 0.3) is 0 Å². The van der Waals surface area contributed by atoms with Gasteiger partial charge >= 0.3 is 0 Å². The molecule has 160 valence electrons. The van der Waals surface area contributed by atoms with Gasteiger partial charge in [-0.1, -0.05) is 29.8 Å². The summed E-state index contributed by atoms with van der Waals surface area (Å²) >= 11 is 5.97. The fraction of sp³-hybridized carbons (Fsp3) is 0.0952. The molecule has 1 heterocycles. The number of hydrogen-bond acceptors (Lipinski definition) is 5. The van der Waals surface area contributed by atoms with E-state index in [9.17, 15) is 17.6 Å². The summed E-state index contributed by atoms with van der Waals surface area (Å²) in [6.07, 6.45) is 0. The maximum absolute atomic E-state index is 14.7. The van der Waals surface area contributed by atoms with E-state index in [-0.39, 0.29) is 32.7 Å². The molecule has 0 radical (unpaired) electrons. The second-order valence-electron chi connectivity index (χ2n) is 6.55. The van der Waals surface area contributed by atoms with Crippen LogP contribution >= 0.6 is 11.6 Å². The summed E-state index contributed by atoms with van der Waals surface area (Å²) < 4.78 is 52.5. The van der Waals surface area contributed by atoms with Crippen molar-refractivity contribution in [3.05, 3.63) is 77.1 Å². The molecule has 0 fully saturated rings. The highest BCUT2D eigenvalue weighted by Crippen LogP contribution is 2.42. The number of carbonyl (C=O) groups excluding carboxylic acids is 1. The number of fused-ring (bicyclic) bond motifs is 1. The van der Waals surface area contributed by atoms with Crippen LogP contribution in [0, 0.1) is 5.82 Å². The Morgan fingerprint density at radius 2 is 1.90 bits per heavy atom. The average Bonchev–Trinajstić information content (AvgIpc) is 3.20. The Morgan fingerprint density at radius 1 is 1.16 bits per heavy atom. The van der Waals surface area contributed by atoms with Crippen LogP contribution in [0.1, 0.15) is 10.4 Å². The second-order valence-corrected chi connectivity index (χ2v) is 8.82. The van der Waals surface area contributed by atoms with Gasteiger partial charge in [0.05, 0.1) is 7.11 Å². The molecule has 1 aliphatic heterocycles. The number of amides is 1. The number of benzene rings is 3. The van der Waals surface area contributed by atoms with Gasteiger partial charge in [0.25, 0.3) is 15.9 Å². The average molecular weight is 463 g/mol. The third kappa shape index (κ3) is 3.89. The highest BCUT2D eigenvalue weighted by atomic mass is 35.5. The van der Waals surface area contributed by atoms with Crippen LogP contribution in [0.3, 0.4) is 0 Å². The zero-order valence-corrected chi connectivity index (χ0v) is 17.7. The monoisotopic (exact) mass is 462 g/mol. The van der Waals surface area contributed by atoms with Gasteiger partial charge in [-0.25, -0.2) is 17.1 Å². The number of hydrogen-bond donors (Lipinski definition) is 1. The van der Waals surface area contributed by atoms with Crippen LogP contribution < -0.4 is 19.1 Å². The van der Waals surface area contributed by atoms with E-state index in [0.717, 1.165) is 10.4 Å². The fourth-order valence-electron chi connectivity index (χ4n) is 3.13. The standard InChI is InChI=1S/C21H16ClFN2O5S/c1-29-18-8-7-14(22)11-19(18)31(27,28)25-12-30-20-16(23)9-13(10-17(20)25)21(26)24-15-5-3-2-4-6-15/h2-11H,12H2,1H3,(H,24,26). The largest absolute Gasteiger partial charge is 0.495 e. The molecule has 0 saturated heterocycles. The minimum Gasteiger partial charge on any atom is -0.495 e. The molecule has 1 N–H and O–H groups in total.